The number of nitrogens with zero attached hydrogens (tertiary/aromatic N) is 2. The minimum absolute atomic E-state index is 0.0499. The second-order valence-electron chi connectivity index (χ2n) is 6.00. The lowest BCUT2D eigenvalue weighted by molar-refractivity contribution is 0.402. The average Bonchev–Trinajstić information content (AvgIpc) is 2.65. The standard InChI is InChI=1S/C19H20N4O3S/c1-13-8-9-16(26-3)17(12-13)27(24,25)23-19-11-10-18(21-22-19)20-15-7-5-4-6-14(15)2/h4-12H,1-3H3,(H,20,21)(H,22,23). The lowest BCUT2D eigenvalue weighted by atomic mass is 10.2. The molecule has 1 heterocycles. The van der Waals surface area contributed by atoms with Crippen molar-refractivity contribution in [2.75, 3.05) is 17.1 Å². The molecule has 0 aliphatic heterocycles. The van der Waals surface area contributed by atoms with Crippen molar-refractivity contribution in [3.63, 3.8) is 0 Å². The Hall–Kier alpha value is -3.13. The zero-order valence-corrected chi connectivity index (χ0v) is 16.0. The van der Waals surface area contributed by atoms with E-state index in [0.717, 1.165) is 16.8 Å². The highest BCUT2D eigenvalue weighted by atomic mass is 32.2. The number of hydrogen-bond donors (Lipinski definition) is 2. The molecule has 2 aromatic carbocycles. The van der Waals surface area contributed by atoms with Gasteiger partial charge in [0.1, 0.15) is 10.6 Å². The molecule has 27 heavy (non-hydrogen) atoms. The molecule has 3 rings (SSSR count). The van der Waals surface area contributed by atoms with Crippen LogP contribution in [0.25, 0.3) is 0 Å². The van der Waals surface area contributed by atoms with Crippen LogP contribution < -0.4 is 14.8 Å². The van der Waals surface area contributed by atoms with E-state index in [4.69, 9.17) is 4.74 Å². The Kier molecular flexibility index (Phi) is 5.27. The third-order valence-corrected chi connectivity index (χ3v) is 5.30. The number of ether oxygens (including phenoxy) is 1. The first-order valence-corrected chi connectivity index (χ1v) is 9.71. The molecule has 0 radical (unpaired) electrons. The van der Waals surface area contributed by atoms with Crippen LogP contribution in [-0.2, 0) is 10.0 Å². The van der Waals surface area contributed by atoms with Gasteiger partial charge in [0.15, 0.2) is 11.6 Å². The molecule has 7 nitrogen and oxygen atoms in total. The molecule has 0 atom stereocenters. The van der Waals surface area contributed by atoms with E-state index in [0.29, 0.717) is 5.82 Å². The van der Waals surface area contributed by atoms with E-state index in [1.807, 2.05) is 38.1 Å². The maximum atomic E-state index is 12.7. The number of anilines is 3. The summed E-state index contributed by atoms with van der Waals surface area (Å²) in [6, 6.07) is 15.9. The molecule has 0 bridgehead atoms. The molecule has 140 valence electrons. The normalized spacial score (nSPS) is 11.1. The minimum Gasteiger partial charge on any atom is -0.495 e. The van der Waals surface area contributed by atoms with Crippen LogP contribution in [0.2, 0.25) is 0 Å². The summed E-state index contributed by atoms with van der Waals surface area (Å²) in [4.78, 5) is 0.0499. The molecular formula is C19H20N4O3S. The van der Waals surface area contributed by atoms with Gasteiger partial charge in [-0.3, -0.25) is 4.72 Å². The first-order valence-electron chi connectivity index (χ1n) is 8.23. The topological polar surface area (TPSA) is 93.2 Å². The third-order valence-electron chi connectivity index (χ3n) is 3.92. The second-order valence-corrected chi connectivity index (χ2v) is 7.65. The van der Waals surface area contributed by atoms with Gasteiger partial charge in [0.25, 0.3) is 10.0 Å². The van der Waals surface area contributed by atoms with E-state index in [-0.39, 0.29) is 16.5 Å². The molecule has 1 aromatic heterocycles. The van der Waals surface area contributed by atoms with Crippen molar-refractivity contribution in [3.8, 4) is 5.75 Å². The van der Waals surface area contributed by atoms with Crippen LogP contribution in [0.15, 0.2) is 59.5 Å². The third kappa shape index (κ3) is 4.35. The van der Waals surface area contributed by atoms with E-state index in [1.165, 1.54) is 7.11 Å². The van der Waals surface area contributed by atoms with Crippen LogP contribution in [0.4, 0.5) is 17.3 Å². The smallest absolute Gasteiger partial charge is 0.266 e. The van der Waals surface area contributed by atoms with Crippen molar-refractivity contribution in [3.05, 3.63) is 65.7 Å². The fourth-order valence-electron chi connectivity index (χ4n) is 2.49. The lowest BCUT2D eigenvalue weighted by Gasteiger charge is -2.12. The highest BCUT2D eigenvalue weighted by Gasteiger charge is 2.20. The Bertz CT molecular complexity index is 1050. The molecule has 8 heteroatoms. The SMILES string of the molecule is COc1ccc(C)cc1S(=O)(=O)Nc1ccc(Nc2ccccc2C)nn1. The van der Waals surface area contributed by atoms with Crippen LogP contribution in [0.3, 0.4) is 0 Å². The largest absolute Gasteiger partial charge is 0.495 e. The van der Waals surface area contributed by atoms with E-state index in [1.54, 1.807) is 30.3 Å². The Labute approximate surface area is 158 Å². The van der Waals surface area contributed by atoms with E-state index in [2.05, 4.69) is 20.2 Å². The molecule has 0 aliphatic carbocycles. The molecule has 2 N–H and O–H groups in total. The minimum atomic E-state index is -3.85. The predicted octanol–water partition coefficient (Wildman–Crippen LogP) is 3.65. The van der Waals surface area contributed by atoms with Gasteiger partial charge in [0.05, 0.1) is 7.11 Å². The number of para-hydroxylation sites is 1. The molecule has 0 saturated carbocycles. The molecule has 0 amide bonds. The summed E-state index contributed by atoms with van der Waals surface area (Å²) in [5, 5.41) is 11.1. The number of hydrogen-bond acceptors (Lipinski definition) is 6. The quantitative estimate of drug-likeness (QED) is 0.674. The van der Waals surface area contributed by atoms with Crippen molar-refractivity contribution in [1.82, 2.24) is 10.2 Å². The Morgan fingerprint density at radius 3 is 2.30 bits per heavy atom. The molecule has 0 fully saturated rings. The predicted molar refractivity (Wildman–Crippen MR) is 105 cm³/mol. The second kappa shape index (κ2) is 7.63. The molecule has 0 unspecified atom stereocenters. The average molecular weight is 384 g/mol. The van der Waals surface area contributed by atoms with Crippen molar-refractivity contribution in [2.24, 2.45) is 0 Å². The van der Waals surface area contributed by atoms with Crippen molar-refractivity contribution in [1.29, 1.82) is 0 Å². The summed E-state index contributed by atoms with van der Waals surface area (Å²) in [6.45, 7) is 3.79. The Morgan fingerprint density at radius 1 is 0.926 bits per heavy atom. The van der Waals surface area contributed by atoms with Gasteiger partial charge in [-0.1, -0.05) is 24.3 Å². The maximum Gasteiger partial charge on any atom is 0.266 e. The number of methoxy groups -OCH3 is 1. The van der Waals surface area contributed by atoms with Crippen molar-refractivity contribution in [2.45, 2.75) is 18.7 Å². The monoisotopic (exact) mass is 384 g/mol. The van der Waals surface area contributed by atoms with E-state index < -0.39 is 10.0 Å². The lowest BCUT2D eigenvalue weighted by Crippen LogP contribution is -2.15. The van der Waals surface area contributed by atoms with Gasteiger partial charge in [-0.05, 0) is 55.3 Å². The van der Waals surface area contributed by atoms with Gasteiger partial charge in [-0.25, -0.2) is 8.42 Å². The number of nitrogens with one attached hydrogen (secondary N) is 2. The van der Waals surface area contributed by atoms with Gasteiger partial charge in [-0.15, -0.1) is 10.2 Å². The number of aromatic nitrogens is 2. The van der Waals surface area contributed by atoms with Gasteiger partial charge in [0, 0.05) is 5.69 Å². The van der Waals surface area contributed by atoms with E-state index in [9.17, 15) is 8.42 Å². The number of sulfonamides is 1. The zero-order chi connectivity index (χ0) is 19.4. The van der Waals surface area contributed by atoms with Crippen LogP contribution >= 0.6 is 0 Å². The van der Waals surface area contributed by atoms with Gasteiger partial charge in [-0.2, -0.15) is 0 Å². The first kappa shape index (κ1) is 18.7. The Balaban J connectivity index is 1.80. The molecule has 0 aliphatic rings. The van der Waals surface area contributed by atoms with Crippen LogP contribution in [-0.4, -0.2) is 25.7 Å². The summed E-state index contributed by atoms with van der Waals surface area (Å²) in [5.41, 5.74) is 2.78. The van der Waals surface area contributed by atoms with Gasteiger partial charge >= 0.3 is 0 Å². The fourth-order valence-corrected chi connectivity index (χ4v) is 3.74. The summed E-state index contributed by atoms with van der Waals surface area (Å²) in [7, 11) is -2.43. The van der Waals surface area contributed by atoms with Crippen molar-refractivity contribution < 1.29 is 13.2 Å². The highest BCUT2D eigenvalue weighted by molar-refractivity contribution is 7.92. The maximum absolute atomic E-state index is 12.7. The molecular weight excluding hydrogens is 364 g/mol. The number of aryl methyl sites for hydroxylation is 2. The summed E-state index contributed by atoms with van der Waals surface area (Å²) >= 11 is 0. The molecule has 0 saturated heterocycles. The van der Waals surface area contributed by atoms with Crippen LogP contribution in [0.1, 0.15) is 11.1 Å². The van der Waals surface area contributed by atoms with Crippen LogP contribution in [0, 0.1) is 13.8 Å². The molecule has 3 aromatic rings. The Morgan fingerprint density at radius 2 is 1.63 bits per heavy atom. The summed E-state index contributed by atoms with van der Waals surface area (Å²) < 4.78 is 32.9. The summed E-state index contributed by atoms with van der Waals surface area (Å²) in [5.74, 6) is 0.896. The van der Waals surface area contributed by atoms with Gasteiger partial charge < -0.3 is 10.1 Å². The zero-order valence-electron chi connectivity index (χ0n) is 15.2. The highest BCUT2D eigenvalue weighted by Crippen LogP contribution is 2.26. The number of benzene rings is 2. The van der Waals surface area contributed by atoms with Gasteiger partial charge in [0.2, 0.25) is 0 Å². The van der Waals surface area contributed by atoms with Crippen LogP contribution in [0.5, 0.6) is 5.75 Å². The fraction of sp³-hybridized carbons (Fsp3) is 0.158. The number of rotatable bonds is 6. The first-order chi connectivity index (χ1) is 12.9. The summed E-state index contributed by atoms with van der Waals surface area (Å²) in [6.07, 6.45) is 0. The van der Waals surface area contributed by atoms with Crippen molar-refractivity contribution >= 4 is 27.3 Å². The van der Waals surface area contributed by atoms with E-state index >= 15 is 0 Å². The molecule has 0 spiro atoms.